The van der Waals surface area contributed by atoms with Gasteiger partial charge in [0, 0.05) is 24.8 Å². The van der Waals surface area contributed by atoms with Crippen LogP contribution in [0.2, 0.25) is 0 Å². The predicted molar refractivity (Wildman–Crippen MR) is 100 cm³/mol. The summed E-state index contributed by atoms with van der Waals surface area (Å²) in [5.41, 5.74) is 2.63. The highest BCUT2D eigenvalue weighted by molar-refractivity contribution is 5.98. The zero-order chi connectivity index (χ0) is 19.4. The lowest BCUT2D eigenvalue weighted by molar-refractivity contribution is -0.0135. The van der Waals surface area contributed by atoms with Gasteiger partial charge in [0.2, 0.25) is 0 Å². The summed E-state index contributed by atoms with van der Waals surface area (Å²) in [7, 11) is 1.57. The molecule has 0 spiro atoms. The van der Waals surface area contributed by atoms with Crippen molar-refractivity contribution >= 4 is 17.6 Å². The summed E-state index contributed by atoms with van der Waals surface area (Å²) in [6.45, 7) is 3.01. The molecule has 6 nitrogen and oxygen atoms in total. The molecule has 1 saturated heterocycles. The number of halogens is 1. The van der Waals surface area contributed by atoms with Gasteiger partial charge in [0.05, 0.1) is 13.2 Å². The maximum Gasteiger partial charge on any atom is 0.322 e. The lowest BCUT2D eigenvalue weighted by atomic mass is 10.1. The molecule has 1 atom stereocenters. The van der Waals surface area contributed by atoms with Crippen LogP contribution < -0.4 is 10.6 Å². The monoisotopic (exact) mass is 371 g/mol. The van der Waals surface area contributed by atoms with Crippen LogP contribution in [0.5, 0.6) is 0 Å². The zero-order valence-electron chi connectivity index (χ0n) is 15.3. The van der Waals surface area contributed by atoms with Gasteiger partial charge in [-0.25, -0.2) is 9.18 Å². The maximum absolute atomic E-state index is 13.1. The van der Waals surface area contributed by atoms with Gasteiger partial charge in [-0.05, 0) is 42.3 Å². The quantitative estimate of drug-likeness (QED) is 0.871. The largest absolute Gasteiger partial charge is 0.370 e. The maximum atomic E-state index is 13.1. The number of carbonyl (C=O) groups excluding carboxylic acids is 2. The molecule has 7 heteroatoms. The Balaban J connectivity index is 1.71. The molecule has 2 N–H and O–H groups in total. The fourth-order valence-corrected chi connectivity index (χ4v) is 3.06. The number of nitrogens with zero attached hydrogens (tertiary/aromatic N) is 1. The van der Waals surface area contributed by atoms with E-state index in [-0.39, 0.29) is 23.9 Å². The summed E-state index contributed by atoms with van der Waals surface area (Å²) >= 11 is 0. The van der Waals surface area contributed by atoms with Crippen LogP contribution in [0.15, 0.2) is 42.5 Å². The van der Waals surface area contributed by atoms with Crippen molar-refractivity contribution in [3.63, 3.8) is 0 Å². The lowest BCUT2D eigenvalue weighted by Gasteiger charge is -2.33. The standard InChI is InChI=1S/C20H22FN3O3/c1-13-16(19(25)22-2)4-3-5-17(13)23-20(26)24-10-11-27-18(12-24)14-6-8-15(21)9-7-14/h3-9,18H,10-12H2,1-2H3,(H,22,25)(H,23,26). The number of urea groups is 1. The first-order valence-electron chi connectivity index (χ1n) is 8.74. The van der Waals surface area contributed by atoms with E-state index >= 15 is 0 Å². The number of anilines is 1. The summed E-state index contributed by atoms with van der Waals surface area (Å²) in [4.78, 5) is 26.3. The van der Waals surface area contributed by atoms with Crippen LogP contribution in [0.25, 0.3) is 0 Å². The number of hydrogen-bond donors (Lipinski definition) is 2. The van der Waals surface area contributed by atoms with Gasteiger partial charge in [0.1, 0.15) is 11.9 Å². The van der Waals surface area contributed by atoms with Crippen molar-refractivity contribution in [2.75, 3.05) is 32.1 Å². The van der Waals surface area contributed by atoms with Crippen LogP contribution in [0.4, 0.5) is 14.9 Å². The molecule has 1 aliphatic heterocycles. The van der Waals surface area contributed by atoms with Gasteiger partial charge in [-0.1, -0.05) is 18.2 Å². The van der Waals surface area contributed by atoms with E-state index in [1.807, 2.05) is 0 Å². The van der Waals surface area contributed by atoms with Gasteiger partial charge >= 0.3 is 6.03 Å². The SMILES string of the molecule is CNC(=O)c1cccc(NC(=O)N2CCOC(c3ccc(F)cc3)C2)c1C. The van der Waals surface area contributed by atoms with E-state index in [0.29, 0.717) is 36.5 Å². The highest BCUT2D eigenvalue weighted by atomic mass is 19.1. The minimum absolute atomic E-state index is 0.202. The van der Waals surface area contributed by atoms with Gasteiger partial charge < -0.3 is 20.3 Å². The second-order valence-corrected chi connectivity index (χ2v) is 6.34. The average Bonchev–Trinajstić information content (AvgIpc) is 2.69. The average molecular weight is 371 g/mol. The number of amides is 3. The molecule has 3 amide bonds. The normalized spacial score (nSPS) is 16.7. The minimum Gasteiger partial charge on any atom is -0.370 e. The van der Waals surface area contributed by atoms with Gasteiger partial charge in [-0.15, -0.1) is 0 Å². The van der Waals surface area contributed by atoms with Crippen LogP contribution in [0, 0.1) is 12.7 Å². The van der Waals surface area contributed by atoms with Crippen LogP contribution in [0.3, 0.4) is 0 Å². The third kappa shape index (κ3) is 4.25. The van der Waals surface area contributed by atoms with E-state index in [0.717, 1.165) is 5.56 Å². The summed E-state index contributed by atoms with van der Waals surface area (Å²) < 4.78 is 18.8. The Morgan fingerprint density at radius 3 is 2.63 bits per heavy atom. The van der Waals surface area contributed by atoms with E-state index < -0.39 is 0 Å². The molecule has 1 aliphatic rings. The van der Waals surface area contributed by atoms with Crippen molar-refractivity contribution in [2.45, 2.75) is 13.0 Å². The molecule has 27 heavy (non-hydrogen) atoms. The van der Waals surface area contributed by atoms with E-state index in [1.165, 1.54) is 12.1 Å². The van der Waals surface area contributed by atoms with E-state index in [9.17, 15) is 14.0 Å². The molecule has 0 aromatic heterocycles. The third-order valence-electron chi connectivity index (χ3n) is 4.64. The summed E-state index contributed by atoms with van der Waals surface area (Å²) in [6, 6.07) is 11.0. The molecule has 0 aliphatic carbocycles. The molecule has 1 fully saturated rings. The zero-order valence-corrected chi connectivity index (χ0v) is 15.3. The van der Waals surface area contributed by atoms with E-state index in [4.69, 9.17) is 4.74 Å². The van der Waals surface area contributed by atoms with Crippen molar-refractivity contribution in [1.82, 2.24) is 10.2 Å². The van der Waals surface area contributed by atoms with Crippen molar-refractivity contribution < 1.29 is 18.7 Å². The van der Waals surface area contributed by atoms with Gasteiger partial charge in [0.15, 0.2) is 0 Å². The van der Waals surface area contributed by atoms with Crippen molar-refractivity contribution in [2.24, 2.45) is 0 Å². The number of morpholine rings is 1. The molecule has 0 bridgehead atoms. The number of hydrogen-bond acceptors (Lipinski definition) is 3. The molecular weight excluding hydrogens is 349 g/mol. The number of benzene rings is 2. The van der Waals surface area contributed by atoms with Crippen LogP contribution in [-0.2, 0) is 4.74 Å². The van der Waals surface area contributed by atoms with E-state index in [2.05, 4.69) is 10.6 Å². The van der Waals surface area contributed by atoms with Crippen molar-refractivity contribution in [3.8, 4) is 0 Å². The summed E-state index contributed by atoms with van der Waals surface area (Å²) in [5.74, 6) is -0.512. The second-order valence-electron chi connectivity index (χ2n) is 6.34. The Bertz CT molecular complexity index is 839. The fraction of sp³-hybridized carbons (Fsp3) is 0.300. The Morgan fingerprint density at radius 2 is 1.93 bits per heavy atom. The van der Waals surface area contributed by atoms with Crippen LogP contribution >= 0.6 is 0 Å². The lowest BCUT2D eigenvalue weighted by Crippen LogP contribution is -2.44. The van der Waals surface area contributed by atoms with E-state index in [1.54, 1.807) is 49.2 Å². The number of nitrogens with one attached hydrogen (secondary N) is 2. The smallest absolute Gasteiger partial charge is 0.322 e. The fourth-order valence-electron chi connectivity index (χ4n) is 3.06. The summed E-state index contributed by atoms with van der Waals surface area (Å²) in [6.07, 6.45) is -0.302. The number of rotatable bonds is 3. The topological polar surface area (TPSA) is 70.7 Å². The van der Waals surface area contributed by atoms with Crippen LogP contribution in [0.1, 0.15) is 27.6 Å². The Labute approximate surface area is 157 Å². The highest BCUT2D eigenvalue weighted by Crippen LogP contribution is 2.24. The van der Waals surface area contributed by atoms with Crippen molar-refractivity contribution in [1.29, 1.82) is 0 Å². The second kappa shape index (κ2) is 8.18. The first-order chi connectivity index (χ1) is 13.0. The molecule has 2 aromatic carbocycles. The van der Waals surface area contributed by atoms with Gasteiger partial charge in [-0.3, -0.25) is 4.79 Å². The Hall–Kier alpha value is -2.93. The molecular formula is C20H22FN3O3. The molecule has 0 saturated carbocycles. The highest BCUT2D eigenvalue weighted by Gasteiger charge is 2.26. The molecule has 2 aromatic rings. The van der Waals surface area contributed by atoms with Crippen LogP contribution in [-0.4, -0.2) is 43.6 Å². The molecule has 142 valence electrons. The Kier molecular flexibility index (Phi) is 5.71. The first-order valence-corrected chi connectivity index (χ1v) is 8.74. The minimum atomic E-state index is -0.310. The van der Waals surface area contributed by atoms with Gasteiger partial charge in [0.25, 0.3) is 5.91 Å². The molecule has 3 rings (SSSR count). The molecule has 1 unspecified atom stereocenters. The Morgan fingerprint density at radius 1 is 1.19 bits per heavy atom. The summed E-state index contributed by atoms with van der Waals surface area (Å²) in [5, 5.41) is 5.46. The van der Waals surface area contributed by atoms with Gasteiger partial charge in [-0.2, -0.15) is 0 Å². The predicted octanol–water partition coefficient (Wildman–Crippen LogP) is 3.10. The molecule has 0 radical (unpaired) electrons. The first kappa shape index (κ1) is 18.8. The van der Waals surface area contributed by atoms with Crippen molar-refractivity contribution in [3.05, 3.63) is 65.0 Å². The third-order valence-corrected chi connectivity index (χ3v) is 4.64. The molecule has 1 heterocycles. The number of ether oxygens (including phenoxy) is 1. The number of carbonyl (C=O) groups is 2.